The number of aliphatic hydroxyl groups excluding tert-OH is 1. The molecule has 1 heterocycles. The number of amides is 2. The molecule has 0 bridgehead atoms. The monoisotopic (exact) mass is 143 g/mol. The molecule has 0 spiro atoms. The minimum Gasteiger partial charge on any atom is -0.404 e. The van der Waals surface area contributed by atoms with Crippen LogP contribution in [0.15, 0.2) is 11.8 Å². The molecule has 0 saturated carbocycles. The first-order valence-corrected chi connectivity index (χ1v) is 2.58. The number of rotatable bonds is 1. The number of carbonyl (C=O) groups is 2. The maximum Gasteiger partial charge on any atom is 0.419 e. The summed E-state index contributed by atoms with van der Waals surface area (Å²) >= 11 is 0. The largest absolute Gasteiger partial charge is 0.419 e. The Labute approximate surface area is 56.3 Å². The molecule has 0 unspecified atom stereocenters. The molecule has 10 heavy (non-hydrogen) atoms. The lowest BCUT2D eigenvalue weighted by Crippen LogP contribution is -2.18. The van der Waals surface area contributed by atoms with Crippen molar-refractivity contribution in [2.75, 3.05) is 6.61 Å². The summed E-state index contributed by atoms with van der Waals surface area (Å²) in [5.41, 5.74) is 0. The molecule has 0 radical (unpaired) electrons. The summed E-state index contributed by atoms with van der Waals surface area (Å²) in [4.78, 5) is 20.8. The van der Waals surface area contributed by atoms with Gasteiger partial charge in [-0.25, -0.2) is 4.79 Å². The third-order valence-electron chi connectivity index (χ3n) is 0.919. The lowest BCUT2D eigenvalue weighted by molar-refractivity contribution is -0.116. The second-order valence-electron chi connectivity index (χ2n) is 1.59. The second-order valence-corrected chi connectivity index (χ2v) is 1.59. The highest BCUT2D eigenvalue weighted by atomic mass is 16.6. The van der Waals surface area contributed by atoms with Crippen molar-refractivity contribution in [1.82, 2.24) is 5.32 Å². The van der Waals surface area contributed by atoms with Crippen molar-refractivity contribution in [2.45, 2.75) is 0 Å². The maximum absolute atomic E-state index is 10.5. The number of alkyl carbamates (subject to hydrolysis) is 1. The van der Waals surface area contributed by atoms with Crippen molar-refractivity contribution in [3.8, 4) is 0 Å². The van der Waals surface area contributed by atoms with E-state index in [1.54, 1.807) is 0 Å². The topological polar surface area (TPSA) is 75.6 Å². The zero-order valence-corrected chi connectivity index (χ0v) is 4.96. The van der Waals surface area contributed by atoms with E-state index in [4.69, 9.17) is 5.11 Å². The molecule has 1 aliphatic rings. The Balaban J connectivity index is 2.72. The molecule has 2 amide bonds. The number of hydrogen-bond donors (Lipinski definition) is 2. The first-order valence-electron chi connectivity index (χ1n) is 2.58. The Bertz CT molecular complexity index is 208. The van der Waals surface area contributed by atoms with E-state index in [1.165, 1.54) is 0 Å². The van der Waals surface area contributed by atoms with Crippen LogP contribution in [0.1, 0.15) is 0 Å². The van der Waals surface area contributed by atoms with Crippen LogP contribution >= 0.6 is 0 Å². The molecule has 0 aromatic rings. The van der Waals surface area contributed by atoms with Crippen LogP contribution in [-0.4, -0.2) is 23.7 Å². The molecular formula is C5H5NO4. The Kier molecular flexibility index (Phi) is 1.68. The summed E-state index contributed by atoms with van der Waals surface area (Å²) < 4.78 is 4.32. The molecule has 2 N–H and O–H groups in total. The van der Waals surface area contributed by atoms with Gasteiger partial charge in [0.05, 0.1) is 6.61 Å². The Morgan fingerprint density at radius 2 is 2.30 bits per heavy atom. The molecule has 1 saturated heterocycles. The molecule has 5 nitrogen and oxygen atoms in total. The Hall–Kier alpha value is -1.36. The number of nitrogens with one attached hydrogen (secondary N) is 1. The highest BCUT2D eigenvalue weighted by Gasteiger charge is 2.25. The average Bonchev–Trinajstić information content (AvgIpc) is 2.13. The molecule has 0 aliphatic carbocycles. The molecule has 5 heteroatoms. The van der Waals surface area contributed by atoms with Crippen LogP contribution in [0.25, 0.3) is 0 Å². The van der Waals surface area contributed by atoms with E-state index in [1.807, 2.05) is 5.32 Å². The Morgan fingerprint density at radius 3 is 2.70 bits per heavy atom. The van der Waals surface area contributed by atoms with Crippen LogP contribution < -0.4 is 5.32 Å². The quantitative estimate of drug-likeness (QED) is 0.468. The summed E-state index contributed by atoms with van der Waals surface area (Å²) in [6.45, 7) is -0.323. The van der Waals surface area contributed by atoms with E-state index in [0.29, 0.717) is 0 Å². The van der Waals surface area contributed by atoms with Gasteiger partial charge >= 0.3 is 6.09 Å². The number of imide groups is 1. The smallest absolute Gasteiger partial charge is 0.404 e. The first-order chi connectivity index (χ1) is 4.74. The summed E-state index contributed by atoms with van der Waals surface area (Å²) in [7, 11) is 0. The van der Waals surface area contributed by atoms with Gasteiger partial charge in [0.25, 0.3) is 5.91 Å². The molecule has 1 aliphatic heterocycles. The van der Waals surface area contributed by atoms with Crippen LogP contribution in [0.2, 0.25) is 0 Å². The summed E-state index contributed by atoms with van der Waals surface area (Å²) in [6.07, 6.45) is 0.310. The maximum atomic E-state index is 10.5. The van der Waals surface area contributed by atoms with Crippen molar-refractivity contribution in [3.63, 3.8) is 0 Å². The molecule has 0 atom stereocenters. The summed E-state index contributed by atoms with van der Waals surface area (Å²) in [5.74, 6) is -0.758. The number of hydrogen-bond acceptors (Lipinski definition) is 4. The van der Waals surface area contributed by atoms with Gasteiger partial charge in [0.1, 0.15) is 0 Å². The van der Waals surface area contributed by atoms with Crippen LogP contribution in [0.3, 0.4) is 0 Å². The van der Waals surface area contributed by atoms with E-state index >= 15 is 0 Å². The van der Waals surface area contributed by atoms with Gasteiger partial charge in [0.2, 0.25) is 0 Å². The standard InChI is InChI=1S/C5H5NO4/c7-2-1-3-4(8)6-5(9)10-3/h1,7H,2H2,(H,6,8,9)/b3-1+. The normalized spacial score (nSPS) is 21.1. The van der Waals surface area contributed by atoms with Crippen molar-refractivity contribution >= 4 is 12.0 Å². The molecule has 1 rings (SSSR count). The first kappa shape index (κ1) is 6.76. The van der Waals surface area contributed by atoms with Gasteiger partial charge in [-0.15, -0.1) is 0 Å². The van der Waals surface area contributed by atoms with Gasteiger partial charge in [-0.2, -0.15) is 0 Å². The van der Waals surface area contributed by atoms with E-state index in [9.17, 15) is 9.59 Å². The zero-order chi connectivity index (χ0) is 7.56. The Morgan fingerprint density at radius 1 is 1.60 bits per heavy atom. The lowest BCUT2D eigenvalue weighted by atomic mass is 10.4. The fraction of sp³-hybridized carbons (Fsp3) is 0.200. The van der Waals surface area contributed by atoms with Crippen LogP contribution in [0.5, 0.6) is 0 Å². The third-order valence-corrected chi connectivity index (χ3v) is 0.919. The molecular weight excluding hydrogens is 138 g/mol. The van der Waals surface area contributed by atoms with Crippen LogP contribution in [0.4, 0.5) is 4.79 Å². The van der Waals surface area contributed by atoms with E-state index in [0.717, 1.165) is 6.08 Å². The number of cyclic esters (lactones) is 1. The average molecular weight is 143 g/mol. The highest BCUT2D eigenvalue weighted by molar-refractivity contribution is 6.07. The van der Waals surface area contributed by atoms with Gasteiger partial charge in [0.15, 0.2) is 5.76 Å². The van der Waals surface area contributed by atoms with Gasteiger partial charge in [-0.1, -0.05) is 0 Å². The van der Waals surface area contributed by atoms with Crippen molar-refractivity contribution in [1.29, 1.82) is 0 Å². The zero-order valence-electron chi connectivity index (χ0n) is 4.96. The summed E-state index contributed by atoms with van der Waals surface area (Å²) in [5, 5.41) is 10.2. The molecule has 54 valence electrons. The van der Waals surface area contributed by atoms with Gasteiger partial charge < -0.3 is 9.84 Å². The SMILES string of the molecule is O=C1NC(=O)/C(=C\CO)O1. The fourth-order valence-electron chi connectivity index (χ4n) is 0.543. The molecule has 0 aromatic carbocycles. The van der Waals surface area contributed by atoms with Gasteiger partial charge in [0, 0.05) is 0 Å². The van der Waals surface area contributed by atoms with E-state index in [2.05, 4.69) is 4.74 Å². The number of aliphatic hydroxyl groups is 1. The fourth-order valence-corrected chi connectivity index (χ4v) is 0.543. The van der Waals surface area contributed by atoms with Crippen LogP contribution in [-0.2, 0) is 9.53 Å². The van der Waals surface area contributed by atoms with Crippen molar-refractivity contribution < 1.29 is 19.4 Å². The van der Waals surface area contributed by atoms with Gasteiger partial charge in [-0.3, -0.25) is 10.1 Å². The predicted octanol–water partition coefficient (Wildman–Crippen LogP) is -0.871. The van der Waals surface area contributed by atoms with Crippen molar-refractivity contribution in [3.05, 3.63) is 11.8 Å². The minimum absolute atomic E-state index is 0.146. The lowest BCUT2D eigenvalue weighted by Gasteiger charge is -1.86. The highest BCUT2D eigenvalue weighted by Crippen LogP contribution is 2.04. The summed E-state index contributed by atoms with van der Waals surface area (Å²) in [6, 6.07) is 0. The van der Waals surface area contributed by atoms with Crippen LogP contribution in [0, 0.1) is 0 Å². The molecule has 0 aromatic heterocycles. The van der Waals surface area contributed by atoms with E-state index in [-0.39, 0.29) is 12.4 Å². The van der Waals surface area contributed by atoms with Gasteiger partial charge in [-0.05, 0) is 6.08 Å². The second kappa shape index (κ2) is 2.49. The predicted molar refractivity (Wildman–Crippen MR) is 29.8 cm³/mol. The van der Waals surface area contributed by atoms with Crippen molar-refractivity contribution in [2.24, 2.45) is 0 Å². The number of ether oxygens (including phenoxy) is 1. The molecule has 1 fully saturated rings. The number of carbonyl (C=O) groups excluding carboxylic acids is 2. The minimum atomic E-state index is -0.801. The van der Waals surface area contributed by atoms with E-state index < -0.39 is 12.0 Å². The third kappa shape index (κ3) is 1.14.